The zero-order valence-electron chi connectivity index (χ0n) is 15.3. The average Bonchev–Trinajstić information content (AvgIpc) is 2.85. The second kappa shape index (κ2) is 12.8. The van der Waals surface area contributed by atoms with Gasteiger partial charge in [0.25, 0.3) is 0 Å². The second-order valence-corrected chi connectivity index (χ2v) is 6.94. The van der Waals surface area contributed by atoms with E-state index >= 15 is 0 Å². The van der Waals surface area contributed by atoms with E-state index in [1.54, 1.807) is 12.2 Å². The second-order valence-electron chi connectivity index (χ2n) is 6.94. The molecule has 0 amide bonds. The first kappa shape index (κ1) is 22.5. The number of allylic oxidation sites excluding steroid dienone is 2. The van der Waals surface area contributed by atoms with Crippen LogP contribution in [0.2, 0.25) is 0 Å². The van der Waals surface area contributed by atoms with Crippen molar-refractivity contribution >= 4 is 11.8 Å². The predicted molar refractivity (Wildman–Crippen MR) is 98.6 cm³/mol. The molecule has 4 atom stereocenters. The number of aliphatic hydroxyl groups is 3. The molecule has 0 radical (unpaired) electrons. The minimum atomic E-state index is -0.812. The first-order valence-corrected chi connectivity index (χ1v) is 9.50. The Morgan fingerprint density at radius 3 is 2.65 bits per heavy atom. The molecule has 1 saturated carbocycles. The summed E-state index contributed by atoms with van der Waals surface area (Å²) in [6, 6.07) is 0. The molecular weight excluding hydrogens is 336 g/mol. The SMILES string of the molecule is O=C(O)CCC/C=C\C[C@@H]1C(=O)C[C@@H](O)[C@@H]1/C=C/[C@H](O)CCCCCO. The first-order chi connectivity index (χ1) is 12.5. The molecule has 0 spiro atoms. The lowest BCUT2D eigenvalue weighted by Crippen LogP contribution is -2.18. The molecule has 6 nitrogen and oxygen atoms in total. The minimum absolute atomic E-state index is 0.0276. The van der Waals surface area contributed by atoms with Gasteiger partial charge in [0.1, 0.15) is 5.78 Å². The molecule has 1 aliphatic carbocycles. The van der Waals surface area contributed by atoms with Crippen LogP contribution in [-0.2, 0) is 9.59 Å². The van der Waals surface area contributed by atoms with E-state index in [4.69, 9.17) is 10.2 Å². The van der Waals surface area contributed by atoms with Crippen molar-refractivity contribution in [1.29, 1.82) is 0 Å². The number of rotatable bonds is 13. The molecule has 0 bridgehead atoms. The van der Waals surface area contributed by atoms with Gasteiger partial charge in [0, 0.05) is 31.3 Å². The van der Waals surface area contributed by atoms with Crippen LogP contribution in [0.5, 0.6) is 0 Å². The average molecular weight is 368 g/mol. The number of aliphatic carboxylic acids is 1. The Morgan fingerprint density at radius 2 is 1.96 bits per heavy atom. The Balaban J connectivity index is 2.45. The third kappa shape index (κ3) is 8.74. The number of ketones is 1. The van der Waals surface area contributed by atoms with Gasteiger partial charge in [-0.3, -0.25) is 9.59 Å². The van der Waals surface area contributed by atoms with E-state index in [-0.39, 0.29) is 37.1 Å². The van der Waals surface area contributed by atoms with Crippen LogP contribution in [0.15, 0.2) is 24.3 Å². The largest absolute Gasteiger partial charge is 0.481 e. The maximum atomic E-state index is 12.1. The minimum Gasteiger partial charge on any atom is -0.481 e. The van der Waals surface area contributed by atoms with Crippen molar-refractivity contribution in [2.24, 2.45) is 11.8 Å². The fraction of sp³-hybridized carbons (Fsp3) is 0.700. The van der Waals surface area contributed by atoms with Crippen LogP contribution in [-0.4, -0.2) is 51.0 Å². The molecule has 26 heavy (non-hydrogen) atoms. The van der Waals surface area contributed by atoms with Crippen LogP contribution in [0.4, 0.5) is 0 Å². The van der Waals surface area contributed by atoms with Crippen molar-refractivity contribution in [3.63, 3.8) is 0 Å². The third-order valence-corrected chi connectivity index (χ3v) is 4.76. The smallest absolute Gasteiger partial charge is 0.303 e. The highest BCUT2D eigenvalue weighted by molar-refractivity contribution is 5.84. The quantitative estimate of drug-likeness (QED) is 0.293. The fourth-order valence-electron chi connectivity index (χ4n) is 3.25. The molecule has 0 unspecified atom stereocenters. The van der Waals surface area contributed by atoms with Crippen LogP contribution >= 0.6 is 0 Å². The number of carboxylic acids is 1. The van der Waals surface area contributed by atoms with Gasteiger partial charge in [-0.25, -0.2) is 0 Å². The maximum absolute atomic E-state index is 12.1. The molecule has 6 heteroatoms. The lowest BCUT2D eigenvalue weighted by Gasteiger charge is -2.16. The van der Waals surface area contributed by atoms with Gasteiger partial charge in [0.2, 0.25) is 0 Å². The molecule has 1 aliphatic rings. The topological polar surface area (TPSA) is 115 Å². The molecular formula is C20H32O6. The Bertz CT molecular complexity index is 485. The molecule has 0 heterocycles. The maximum Gasteiger partial charge on any atom is 0.303 e. The summed E-state index contributed by atoms with van der Waals surface area (Å²) in [6.45, 7) is 0.161. The number of unbranched alkanes of at least 4 members (excludes halogenated alkanes) is 3. The van der Waals surface area contributed by atoms with E-state index in [1.807, 2.05) is 12.2 Å². The van der Waals surface area contributed by atoms with Gasteiger partial charge in [-0.15, -0.1) is 0 Å². The van der Waals surface area contributed by atoms with Gasteiger partial charge in [-0.1, -0.05) is 37.1 Å². The van der Waals surface area contributed by atoms with Crippen LogP contribution < -0.4 is 0 Å². The zero-order valence-corrected chi connectivity index (χ0v) is 15.3. The molecule has 0 aromatic rings. The third-order valence-electron chi connectivity index (χ3n) is 4.76. The van der Waals surface area contributed by atoms with Crippen LogP contribution in [0.25, 0.3) is 0 Å². The molecule has 0 saturated heterocycles. The predicted octanol–water partition coefficient (Wildman–Crippen LogP) is 2.22. The molecule has 4 N–H and O–H groups in total. The highest BCUT2D eigenvalue weighted by Crippen LogP contribution is 2.33. The van der Waals surface area contributed by atoms with Gasteiger partial charge < -0.3 is 20.4 Å². The van der Waals surface area contributed by atoms with Crippen LogP contribution in [0.3, 0.4) is 0 Å². The zero-order chi connectivity index (χ0) is 19.4. The molecule has 0 aliphatic heterocycles. The van der Waals surface area contributed by atoms with Gasteiger partial charge in [0.05, 0.1) is 12.2 Å². The van der Waals surface area contributed by atoms with Crippen molar-refractivity contribution < 1.29 is 30.0 Å². The van der Waals surface area contributed by atoms with Crippen LogP contribution in [0.1, 0.15) is 57.8 Å². The van der Waals surface area contributed by atoms with E-state index in [1.165, 1.54) is 0 Å². The molecule has 1 fully saturated rings. The summed E-state index contributed by atoms with van der Waals surface area (Å²) in [7, 11) is 0. The van der Waals surface area contributed by atoms with E-state index in [2.05, 4.69) is 0 Å². The number of hydrogen-bond donors (Lipinski definition) is 4. The van der Waals surface area contributed by atoms with E-state index in [9.17, 15) is 19.8 Å². The lowest BCUT2D eigenvalue weighted by molar-refractivity contribution is -0.137. The van der Waals surface area contributed by atoms with Crippen molar-refractivity contribution in [3.05, 3.63) is 24.3 Å². The van der Waals surface area contributed by atoms with Gasteiger partial charge in [0.15, 0.2) is 0 Å². The summed E-state index contributed by atoms with van der Waals surface area (Å²) in [4.78, 5) is 22.6. The fourth-order valence-corrected chi connectivity index (χ4v) is 3.25. The van der Waals surface area contributed by atoms with Crippen molar-refractivity contribution in [2.45, 2.75) is 70.0 Å². The number of Topliss-reactive ketones (excluding diaryl/α,β-unsaturated/α-hetero) is 1. The number of aliphatic hydroxyl groups excluding tert-OH is 3. The van der Waals surface area contributed by atoms with Gasteiger partial charge >= 0.3 is 5.97 Å². The van der Waals surface area contributed by atoms with Crippen molar-refractivity contribution in [1.82, 2.24) is 0 Å². The summed E-state index contributed by atoms with van der Waals surface area (Å²) in [5, 5.41) is 37.4. The Morgan fingerprint density at radius 1 is 1.19 bits per heavy atom. The lowest BCUT2D eigenvalue weighted by atomic mass is 9.90. The molecule has 0 aromatic heterocycles. The Hall–Kier alpha value is -1.50. The van der Waals surface area contributed by atoms with Gasteiger partial charge in [-0.2, -0.15) is 0 Å². The standard InChI is InChI=1S/C20H32O6/c21-13-7-3-4-8-15(22)11-12-17-16(18(23)14-19(17)24)9-5-1-2-6-10-20(25)26/h1,5,11-12,15-17,19,21-22,24H,2-4,6-10,13-14H2,(H,25,26)/b5-1-,12-11+/t15-,16+,17-,19-/m1/s1. The Kier molecular flexibility index (Phi) is 11.1. The Labute approximate surface area is 155 Å². The summed E-state index contributed by atoms with van der Waals surface area (Å²) in [5.74, 6) is -1.37. The van der Waals surface area contributed by atoms with Crippen LogP contribution in [0, 0.1) is 11.8 Å². The summed E-state index contributed by atoms with van der Waals surface area (Å²) < 4.78 is 0. The first-order valence-electron chi connectivity index (χ1n) is 9.50. The highest BCUT2D eigenvalue weighted by Gasteiger charge is 2.39. The number of hydrogen-bond acceptors (Lipinski definition) is 5. The molecule has 0 aromatic carbocycles. The van der Waals surface area contributed by atoms with Crippen molar-refractivity contribution in [2.75, 3.05) is 6.61 Å². The normalized spacial score (nSPS) is 24.7. The van der Waals surface area contributed by atoms with E-state index in [0.717, 1.165) is 19.3 Å². The number of carbonyl (C=O) groups is 2. The molecule has 1 rings (SSSR count). The number of carboxylic acid groups (broad SMARTS) is 1. The van der Waals surface area contributed by atoms with Crippen molar-refractivity contribution in [3.8, 4) is 0 Å². The summed E-state index contributed by atoms with van der Waals surface area (Å²) >= 11 is 0. The monoisotopic (exact) mass is 368 g/mol. The van der Waals surface area contributed by atoms with E-state index in [0.29, 0.717) is 25.7 Å². The highest BCUT2D eigenvalue weighted by atomic mass is 16.4. The van der Waals surface area contributed by atoms with E-state index < -0.39 is 18.2 Å². The summed E-state index contributed by atoms with van der Waals surface area (Å²) in [5.41, 5.74) is 0. The van der Waals surface area contributed by atoms with Gasteiger partial charge in [-0.05, 0) is 32.1 Å². The number of carbonyl (C=O) groups excluding carboxylic acids is 1. The summed E-state index contributed by atoms with van der Waals surface area (Å²) in [6.07, 6.45) is 10.9. The molecule has 148 valence electrons.